The van der Waals surface area contributed by atoms with Gasteiger partial charge in [0.1, 0.15) is 11.5 Å². The summed E-state index contributed by atoms with van der Waals surface area (Å²) in [6.07, 6.45) is 2.83. The Labute approximate surface area is 246 Å². The minimum atomic E-state index is -5.08. The molecule has 232 valence electrons. The van der Waals surface area contributed by atoms with Crippen LogP contribution in [0.5, 0.6) is 11.5 Å². The van der Waals surface area contributed by atoms with Crippen molar-refractivity contribution in [2.24, 2.45) is 0 Å². The molecule has 2 heterocycles. The highest BCUT2D eigenvalue weighted by Crippen LogP contribution is 2.24. The Morgan fingerprint density at radius 1 is 0.881 bits per heavy atom. The summed E-state index contributed by atoms with van der Waals surface area (Å²) >= 11 is 0. The van der Waals surface area contributed by atoms with Crippen molar-refractivity contribution in [3.8, 4) is 11.5 Å². The van der Waals surface area contributed by atoms with Gasteiger partial charge in [-0.05, 0) is 75.7 Å². The van der Waals surface area contributed by atoms with Crippen LogP contribution in [-0.2, 0) is 4.79 Å². The third kappa shape index (κ3) is 10.4. The Hall–Kier alpha value is -3.47. The van der Waals surface area contributed by atoms with E-state index in [0.29, 0.717) is 24.4 Å². The molecular weight excluding hydrogens is 551 g/mol. The van der Waals surface area contributed by atoms with E-state index in [2.05, 4.69) is 34.1 Å². The van der Waals surface area contributed by atoms with Crippen LogP contribution in [0.25, 0.3) is 0 Å². The van der Waals surface area contributed by atoms with Gasteiger partial charge in [-0.1, -0.05) is 30.9 Å². The number of nitrogens with zero attached hydrogens (tertiary/aromatic N) is 3. The Balaban J connectivity index is 0.000000616. The number of ether oxygens (including phenoxy) is 2. The van der Waals surface area contributed by atoms with E-state index in [-0.39, 0.29) is 5.91 Å². The van der Waals surface area contributed by atoms with Crippen LogP contribution in [0.3, 0.4) is 0 Å². The van der Waals surface area contributed by atoms with Crippen LogP contribution in [0, 0.1) is 6.92 Å². The first-order valence-electron chi connectivity index (χ1n) is 14.5. The number of benzene rings is 2. The Morgan fingerprint density at radius 3 is 2.05 bits per heavy atom. The number of hydrogen-bond acceptors (Lipinski definition) is 6. The number of carboxylic acids is 1. The number of piperazine rings is 1. The summed E-state index contributed by atoms with van der Waals surface area (Å²) in [5.41, 5.74) is 2.89. The van der Waals surface area contributed by atoms with E-state index in [1.165, 1.54) is 50.9 Å². The van der Waals surface area contributed by atoms with Gasteiger partial charge in [0.15, 0.2) is 0 Å². The van der Waals surface area contributed by atoms with Crippen LogP contribution < -0.4 is 14.4 Å². The molecule has 42 heavy (non-hydrogen) atoms. The molecule has 2 saturated heterocycles. The fraction of sp³-hybridized carbons (Fsp3) is 0.548. The fourth-order valence-corrected chi connectivity index (χ4v) is 5.09. The number of carboxylic acid groups (broad SMARTS) is 1. The summed E-state index contributed by atoms with van der Waals surface area (Å²) in [6.45, 7) is 9.41. The van der Waals surface area contributed by atoms with Crippen molar-refractivity contribution in [1.29, 1.82) is 0 Å². The summed E-state index contributed by atoms with van der Waals surface area (Å²) in [6, 6.07) is 14.2. The Kier molecular flexibility index (Phi) is 12.8. The molecule has 2 fully saturated rings. The SMILES string of the molecule is COc1ccc(C)cc1C(=O)N1CCN(c2ccc(OCCCN3CCCCCCC3)cc2)CC1.O=C(O)C(F)(F)F. The van der Waals surface area contributed by atoms with Crippen molar-refractivity contribution in [3.63, 3.8) is 0 Å². The second kappa shape index (κ2) is 16.2. The molecular formula is C31H42F3N3O5. The number of methoxy groups -OCH3 is 1. The fourth-order valence-electron chi connectivity index (χ4n) is 5.09. The number of rotatable bonds is 8. The maximum atomic E-state index is 13.1. The Morgan fingerprint density at radius 2 is 1.48 bits per heavy atom. The van der Waals surface area contributed by atoms with Gasteiger partial charge < -0.3 is 29.3 Å². The van der Waals surface area contributed by atoms with Crippen molar-refractivity contribution in [2.45, 2.75) is 51.6 Å². The molecule has 0 bridgehead atoms. The van der Waals surface area contributed by atoms with Gasteiger partial charge in [-0.3, -0.25) is 4.79 Å². The number of alkyl halides is 3. The van der Waals surface area contributed by atoms with Gasteiger partial charge in [-0.25, -0.2) is 4.79 Å². The van der Waals surface area contributed by atoms with Crippen molar-refractivity contribution in [1.82, 2.24) is 9.80 Å². The molecule has 2 aliphatic rings. The molecule has 1 N–H and O–H groups in total. The number of carbonyl (C=O) groups excluding carboxylic acids is 1. The van der Waals surface area contributed by atoms with E-state index in [0.717, 1.165) is 44.0 Å². The topological polar surface area (TPSA) is 82.6 Å². The summed E-state index contributed by atoms with van der Waals surface area (Å²) in [4.78, 5) is 28.8. The number of amides is 1. The van der Waals surface area contributed by atoms with E-state index in [4.69, 9.17) is 19.4 Å². The average molecular weight is 594 g/mol. The molecule has 0 aliphatic carbocycles. The highest BCUT2D eigenvalue weighted by Gasteiger charge is 2.38. The van der Waals surface area contributed by atoms with Gasteiger partial charge in [-0.15, -0.1) is 0 Å². The molecule has 2 aliphatic heterocycles. The van der Waals surface area contributed by atoms with Crippen molar-refractivity contribution in [2.75, 3.05) is 64.4 Å². The summed E-state index contributed by atoms with van der Waals surface area (Å²) < 4.78 is 43.2. The first kappa shape index (κ1) is 33.0. The van der Waals surface area contributed by atoms with E-state index in [1.54, 1.807) is 7.11 Å². The average Bonchev–Trinajstić information content (AvgIpc) is 2.96. The molecule has 11 heteroatoms. The lowest BCUT2D eigenvalue weighted by molar-refractivity contribution is -0.192. The summed E-state index contributed by atoms with van der Waals surface area (Å²) in [5, 5.41) is 7.12. The smallest absolute Gasteiger partial charge is 0.490 e. The zero-order valence-electron chi connectivity index (χ0n) is 24.5. The molecule has 0 radical (unpaired) electrons. The summed E-state index contributed by atoms with van der Waals surface area (Å²) in [7, 11) is 1.61. The number of carbonyl (C=O) groups is 2. The lowest BCUT2D eigenvalue weighted by Crippen LogP contribution is -2.48. The highest BCUT2D eigenvalue weighted by molar-refractivity contribution is 5.97. The van der Waals surface area contributed by atoms with E-state index >= 15 is 0 Å². The standard InChI is InChI=1S/C29H41N3O3.C2HF3O2/c1-24-9-14-28(34-2)27(23-24)29(33)32-20-18-31(19-21-32)25-10-12-26(13-11-25)35-22-8-17-30-15-6-4-3-5-7-16-30;3-2(4,5)1(6)7/h9-14,23H,3-8,15-22H2,1-2H3;(H,6,7). The third-order valence-electron chi connectivity index (χ3n) is 7.43. The predicted molar refractivity (Wildman–Crippen MR) is 156 cm³/mol. The number of hydrogen-bond donors (Lipinski definition) is 1. The van der Waals surface area contributed by atoms with E-state index in [1.807, 2.05) is 30.0 Å². The third-order valence-corrected chi connectivity index (χ3v) is 7.43. The van der Waals surface area contributed by atoms with Crippen LogP contribution in [0.4, 0.5) is 18.9 Å². The first-order valence-corrected chi connectivity index (χ1v) is 14.5. The number of likely N-dealkylation sites (tertiary alicyclic amines) is 1. The molecule has 0 unspecified atom stereocenters. The van der Waals surface area contributed by atoms with Crippen molar-refractivity contribution >= 4 is 17.6 Å². The zero-order valence-corrected chi connectivity index (χ0v) is 24.5. The maximum absolute atomic E-state index is 13.1. The monoisotopic (exact) mass is 593 g/mol. The zero-order chi connectivity index (χ0) is 30.5. The molecule has 8 nitrogen and oxygen atoms in total. The van der Waals surface area contributed by atoms with Crippen molar-refractivity contribution < 1.29 is 37.3 Å². The van der Waals surface area contributed by atoms with E-state index in [9.17, 15) is 18.0 Å². The molecule has 0 saturated carbocycles. The van der Waals surface area contributed by atoms with Gasteiger partial charge in [0.2, 0.25) is 0 Å². The molecule has 0 atom stereocenters. The highest BCUT2D eigenvalue weighted by atomic mass is 19.4. The number of aryl methyl sites for hydroxylation is 1. The van der Waals surface area contributed by atoms with Gasteiger partial charge in [0, 0.05) is 38.4 Å². The molecule has 1 amide bonds. The first-order chi connectivity index (χ1) is 20.1. The van der Waals surface area contributed by atoms with E-state index < -0.39 is 12.1 Å². The maximum Gasteiger partial charge on any atom is 0.490 e. The second-order valence-corrected chi connectivity index (χ2v) is 10.6. The molecule has 0 aromatic heterocycles. The number of halogens is 3. The largest absolute Gasteiger partial charge is 0.496 e. The lowest BCUT2D eigenvalue weighted by Gasteiger charge is -2.36. The molecule has 2 aromatic rings. The van der Waals surface area contributed by atoms with Crippen molar-refractivity contribution in [3.05, 3.63) is 53.6 Å². The second-order valence-electron chi connectivity index (χ2n) is 10.6. The van der Waals surface area contributed by atoms with Gasteiger partial charge in [0.05, 0.1) is 19.3 Å². The minimum Gasteiger partial charge on any atom is -0.496 e. The van der Waals surface area contributed by atoms with Crippen LogP contribution in [0.1, 0.15) is 54.4 Å². The quantitative estimate of drug-likeness (QED) is 0.397. The van der Waals surface area contributed by atoms with Crippen LogP contribution >= 0.6 is 0 Å². The van der Waals surface area contributed by atoms with Crippen LogP contribution in [0.2, 0.25) is 0 Å². The van der Waals surface area contributed by atoms with Crippen LogP contribution in [-0.4, -0.2) is 92.5 Å². The van der Waals surface area contributed by atoms with Crippen LogP contribution in [0.15, 0.2) is 42.5 Å². The Bertz CT molecular complexity index is 1130. The number of aliphatic carboxylic acids is 1. The molecule has 4 rings (SSSR count). The summed E-state index contributed by atoms with van der Waals surface area (Å²) in [5.74, 6) is -1.14. The van der Waals surface area contributed by atoms with Gasteiger partial charge in [-0.2, -0.15) is 13.2 Å². The van der Waals surface area contributed by atoms with Gasteiger partial charge >= 0.3 is 12.1 Å². The predicted octanol–water partition coefficient (Wildman–Crippen LogP) is 5.63. The molecule has 0 spiro atoms. The normalized spacial score (nSPS) is 16.5. The lowest BCUT2D eigenvalue weighted by atomic mass is 10.1. The molecule has 2 aromatic carbocycles. The number of anilines is 1. The minimum absolute atomic E-state index is 0.0460. The van der Waals surface area contributed by atoms with Gasteiger partial charge in [0.25, 0.3) is 5.91 Å².